The number of carbonyl (C=O) groups is 1. The number of benzene rings is 1. The number of nitrogens with one attached hydrogen (secondary N) is 2. The van der Waals surface area contributed by atoms with Crippen LogP contribution in [0.3, 0.4) is 0 Å². The number of hydrogen-bond acceptors (Lipinski definition) is 4. The van der Waals surface area contributed by atoms with Gasteiger partial charge in [0, 0.05) is 51.4 Å². The van der Waals surface area contributed by atoms with Crippen molar-refractivity contribution in [2.45, 2.75) is 26.2 Å². The molecule has 3 rings (SSSR count). The van der Waals surface area contributed by atoms with Crippen molar-refractivity contribution in [2.75, 3.05) is 57.3 Å². The molecule has 27 heavy (non-hydrogen) atoms. The summed E-state index contributed by atoms with van der Waals surface area (Å²) in [7, 11) is 0. The molecule has 0 aliphatic carbocycles. The molecule has 2 N–H and O–H groups in total. The molecular weight excluding hydrogens is 383 g/mol. The van der Waals surface area contributed by atoms with Crippen LogP contribution >= 0.6 is 24.8 Å². The molecule has 1 amide bonds. The molecule has 0 bridgehead atoms. The number of hydrogen-bond donors (Lipinski definition) is 2. The fourth-order valence-corrected chi connectivity index (χ4v) is 3.78. The van der Waals surface area contributed by atoms with E-state index in [1.165, 1.54) is 17.7 Å². The lowest BCUT2D eigenvalue weighted by Crippen LogP contribution is -2.47. The van der Waals surface area contributed by atoms with Gasteiger partial charge in [-0.15, -0.1) is 24.8 Å². The van der Waals surface area contributed by atoms with Crippen LogP contribution in [0.15, 0.2) is 24.3 Å². The number of amides is 1. The summed E-state index contributed by atoms with van der Waals surface area (Å²) in [5.41, 5.74) is 2.63. The predicted molar refractivity (Wildman–Crippen MR) is 118 cm³/mol. The molecule has 1 aromatic carbocycles. The van der Waals surface area contributed by atoms with E-state index in [-0.39, 0.29) is 30.7 Å². The van der Waals surface area contributed by atoms with Gasteiger partial charge in [-0.1, -0.05) is 12.1 Å². The third-order valence-electron chi connectivity index (χ3n) is 5.43. The lowest BCUT2D eigenvalue weighted by atomic mass is 10.1. The summed E-state index contributed by atoms with van der Waals surface area (Å²) in [4.78, 5) is 16.9. The Labute approximate surface area is 176 Å². The molecule has 1 unspecified atom stereocenters. The van der Waals surface area contributed by atoms with Gasteiger partial charge in [0.1, 0.15) is 0 Å². The lowest BCUT2D eigenvalue weighted by Gasteiger charge is -2.36. The Morgan fingerprint density at radius 3 is 2.67 bits per heavy atom. The van der Waals surface area contributed by atoms with Crippen LogP contribution in [0.1, 0.15) is 24.8 Å². The minimum atomic E-state index is 0. The van der Waals surface area contributed by atoms with Crippen molar-refractivity contribution in [3.63, 3.8) is 0 Å². The summed E-state index contributed by atoms with van der Waals surface area (Å²) >= 11 is 0. The largest absolute Gasteiger partial charge is 0.369 e. The van der Waals surface area contributed by atoms with E-state index in [0.29, 0.717) is 6.42 Å². The van der Waals surface area contributed by atoms with Crippen LogP contribution in [-0.2, 0) is 4.79 Å². The number of aryl methyl sites for hydroxylation is 1. The molecule has 2 aliphatic rings. The third kappa shape index (κ3) is 7.86. The molecule has 1 atom stereocenters. The molecule has 0 spiro atoms. The van der Waals surface area contributed by atoms with Crippen LogP contribution in [0.4, 0.5) is 5.69 Å². The molecule has 2 aliphatic heterocycles. The summed E-state index contributed by atoms with van der Waals surface area (Å²) in [6.45, 7) is 10.2. The first-order valence-electron chi connectivity index (χ1n) is 9.72. The standard InChI is InChI=1S/C20H32N4O.2ClH/c1-17-3-2-4-19(15-17)24-13-11-23(12-14-24)10-7-20(25)22-9-6-18-5-8-21-16-18;;/h2-4,15,18,21H,5-14,16H2,1H3,(H,22,25);2*1H. The topological polar surface area (TPSA) is 47.6 Å². The van der Waals surface area contributed by atoms with E-state index in [9.17, 15) is 4.79 Å². The van der Waals surface area contributed by atoms with E-state index in [1.54, 1.807) is 0 Å². The lowest BCUT2D eigenvalue weighted by molar-refractivity contribution is -0.121. The van der Waals surface area contributed by atoms with Gasteiger partial charge in [-0.05, 0) is 56.5 Å². The number of rotatable bonds is 7. The summed E-state index contributed by atoms with van der Waals surface area (Å²) in [6.07, 6.45) is 2.97. The van der Waals surface area contributed by atoms with Crippen molar-refractivity contribution >= 4 is 36.4 Å². The molecule has 2 heterocycles. The van der Waals surface area contributed by atoms with E-state index in [1.807, 2.05) is 0 Å². The van der Waals surface area contributed by atoms with Crippen molar-refractivity contribution in [3.8, 4) is 0 Å². The third-order valence-corrected chi connectivity index (χ3v) is 5.43. The summed E-state index contributed by atoms with van der Waals surface area (Å²) in [5.74, 6) is 0.946. The average Bonchev–Trinajstić information content (AvgIpc) is 3.14. The Morgan fingerprint density at radius 1 is 1.22 bits per heavy atom. The van der Waals surface area contributed by atoms with Crippen LogP contribution in [0.5, 0.6) is 0 Å². The van der Waals surface area contributed by atoms with E-state index in [2.05, 4.69) is 51.6 Å². The fraction of sp³-hybridized carbons (Fsp3) is 0.650. The highest BCUT2D eigenvalue weighted by Crippen LogP contribution is 2.17. The zero-order valence-electron chi connectivity index (χ0n) is 16.3. The smallest absolute Gasteiger partial charge is 0.221 e. The quantitative estimate of drug-likeness (QED) is 0.716. The molecule has 7 heteroatoms. The second-order valence-electron chi connectivity index (χ2n) is 7.42. The highest BCUT2D eigenvalue weighted by atomic mass is 35.5. The van der Waals surface area contributed by atoms with Crippen LogP contribution < -0.4 is 15.5 Å². The van der Waals surface area contributed by atoms with Gasteiger partial charge in [-0.25, -0.2) is 0 Å². The van der Waals surface area contributed by atoms with Gasteiger partial charge in [0.15, 0.2) is 0 Å². The number of nitrogens with zero attached hydrogens (tertiary/aromatic N) is 2. The molecule has 1 aromatic rings. The maximum atomic E-state index is 12.0. The van der Waals surface area contributed by atoms with Gasteiger partial charge in [-0.2, -0.15) is 0 Å². The molecule has 0 saturated carbocycles. The van der Waals surface area contributed by atoms with Gasteiger partial charge in [-0.3, -0.25) is 9.69 Å². The van der Waals surface area contributed by atoms with Crippen molar-refractivity contribution < 1.29 is 4.79 Å². The summed E-state index contributed by atoms with van der Waals surface area (Å²) < 4.78 is 0. The first kappa shape index (κ1) is 24.0. The Bertz CT molecular complexity index is 559. The Kier molecular flexibility index (Phi) is 11.1. The van der Waals surface area contributed by atoms with Crippen molar-refractivity contribution in [3.05, 3.63) is 29.8 Å². The molecule has 154 valence electrons. The Hall–Kier alpha value is -1.01. The Balaban J connectivity index is 0.00000182. The zero-order chi connectivity index (χ0) is 17.5. The van der Waals surface area contributed by atoms with Gasteiger partial charge in [0.25, 0.3) is 0 Å². The number of carbonyl (C=O) groups excluding carboxylic acids is 1. The molecule has 5 nitrogen and oxygen atoms in total. The SMILES string of the molecule is Cc1cccc(N2CCN(CCC(=O)NCCC3CCNC3)CC2)c1.Cl.Cl. The van der Waals surface area contributed by atoms with Crippen molar-refractivity contribution in [1.82, 2.24) is 15.5 Å². The minimum absolute atomic E-state index is 0. The van der Waals surface area contributed by atoms with Crippen LogP contribution in [-0.4, -0.2) is 63.2 Å². The monoisotopic (exact) mass is 416 g/mol. The van der Waals surface area contributed by atoms with Gasteiger partial charge in [0.05, 0.1) is 0 Å². The zero-order valence-corrected chi connectivity index (χ0v) is 17.9. The molecular formula is C20H34Cl2N4O. The second-order valence-corrected chi connectivity index (χ2v) is 7.42. The highest BCUT2D eigenvalue weighted by molar-refractivity contribution is 5.85. The first-order valence-corrected chi connectivity index (χ1v) is 9.72. The maximum absolute atomic E-state index is 12.0. The summed E-state index contributed by atoms with van der Waals surface area (Å²) in [5, 5.41) is 6.46. The summed E-state index contributed by atoms with van der Waals surface area (Å²) in [6, 6.07) is 8.71. The maximum Gasteiger partial charge on any atom is 0.221 e. The van der Waals surface area contributed by atoms with Crippen LogP contribution in [0.2, 0.25) is 0 Å². The average molecular weight is 417 g/mol. The van der Waals surface area contributed by atoms with Crippen LogP contribution in [0.25, 0.3) is 0 Å². The van der Waals surface area contributed by atoms with Gasteiger partial charge >= 0.3 is 0 Å². The van der Waals surface area contributed by atoms with Gasteiger partial charge in [0.2, 0.25) is 5.91 Å². The van der Waals surface area contributed by atoms with E-state index in [4.69, 9.17) is 0 Å². The van der Waals surface area contributed by atoms with E-state index >= 15 is 0 Å². The predicted octanol–water partition coefficient (Wildman–Crippen LogP) is 2.47. The van der Waals surface area contributed by atoms with E-state index < -0.39 is 0 Å². The normalized spacial score (nSPS) is 19.9. The molecule has 0 aromatic heterocycles. The molecule has 2 saturated heterocycles. The number of halogens is 2. The molecule has 0 radical (unpaired) electrons. The Morgan fingerprint density at radius 2 is 2.00 bits per heavy atom. The molecule has 2 fully saturated rings. The first-order chi connectivity index (χ1) is 12.2. The number of piperazine rings is 1. The van der Waals surface area contributed by atoms with Crippen molar-refractivity contribution in [1.29, 1.82) is 0 Å². The van der Waals surface area contributed by atoms with Gasteiger partial charge < -0.3 is 15.5 Å². The fourth-order valence-electron chi connectivity index (χ4n) is 3.78. The van der Waals surface area contributed by atoms with Crippen molar-refractivity contribution in [2.24, 2.45) is 5.92 Å². The number of anilines is 1. The second kappa shape index (κ2) is 12.4. The minimum Gasteiger partial charge on any atom is -0.369 e. The van der Waals surface area contributed by atoms with E-state index in [0.717, 1.165) is 64.7 Å². The van der Waals surface area contributed by atoms with Crippen LogP contribution in [0, 0.1) is 12.8 Å². The highest BCUT2D eigenvalue weighted by Gasteiger charge is 2.18.